The Morgan fingerprint density at radius 2 is 1.97 bits per heavy atom. The molecule has 164 valence electrons. The Morgan fingerprint density at radius 1 is 1.23 bits per heavy atom. The fourth-order valence-corrected chi connectivity index (χ4v) is 3.40. The zero-order chi connectivity index (χ0) is 20.5. The van der Waals surface area contributed by atoms with Crippen molar-refractivity contribution in [2.24, 2.45) is 4.99 Å². The molecule has 1 fully saturated rings. The first-order chi connectivity index (χ1) is 14.1. The van der Waals surface area contributed by atoms with Crippen LogP contribution < -0.4 is 10.6 Å². The Balaban J connectivity index is 0.00000320. The highest BCUT2D eigenvalue weighted by Gasteiger charge is 2.20. The molecule has 1 aliphatic rings. The quantitative estimate of drug-likeness (QED) is 0.233. The first-order valence-electron chi connectivity index (χ1n) is 10.3. The molecule has 0 amide bonds. The van der Waals surface area contributed by atoms with Gasteiger partial charge in [-0.3, -0.25) is 4.90 Å². The average molecular weight is 526 g/mol. The van der Waals surface area contributed by atoms with Gasteiger partial charge in [0.2, 0.25) is 0 Å². The van der Waals surface area contributed by atoms with Crippen LogP contribution in [0.5, 0.6) is 0 Å². The highest BCUT2D eigenvalue weighted by Crippen LogP contribution is 2.14. The molecule has 5 nitrogen and oxygen atoms in total. The number of likely N-dealkylation sites (tertiary alicyclic amines) is 1. The Bertz CT molecular complexity index is 784. The van der Waals surface area contributed by atoms with Gasteiger partial charge in [0.25, 0.3) is 0 Å². The van der Waals surface area contributed by atoms with Crippen LogP contribution >= 0.6 is 24.0 Å². The summed E-state index contributed by atoms with van der Waals surface area (Å²) in [5.74, 6) is 1.61. The lowest BCUT2D eigenvalue weighted by Gasteiger charge is -2.33. The van der Waals surface area contributed by atoms with Crippen LogP contribution in [0, 0.1) is 5.82 Å². The van der Waals surface area contributed by atoms with Gasteiger partial charge in [0.15, 0.2) is 5.96 Å². The topological polar surface area (TPSA) is 52.8 Å². The van der Waals surface area contributed by atoms with E-state index in [9.17, 15) is 4.39 Å². The lowest BCUT2D eigenvalue weighted by atomic mass is 10.0. The maximum atomic E-state index is 13.1. The monoisotopic (exact) mass is 526 g/mol. The molecule has 2 heterocycles. The number of hydrogen-bond donors (Lipinski definition) is 2. The van der Waals surface area contributed by atoms with Gasteiger partial charge >= 0.3 is 0 Å². The summed E-state index contributed by atoms with van der Waals surface area (Å²) >= 11 is 0. The number of furan rings is 1. The van der Waals surface area contributed by atoms with E-state index in [4.69, 9.17) is 4.42 Å². The molecule has 0 saturated carbocycles. The number of halogens is 2. The van der Waals surface area contributed by atoms with Crippen LogP contribution in [0.1, 0.15) is 31.1 Å². The highest BCUT2D eigenvalue weighted by molar-refractivity contribution is 14.0. The zero-order valence-corrected chi connectivity index (χ0v) is 19.9. The van der Waals surface area contributed by atoms with Gasteiger partial charge in [0.1, 0.15) is 11.6 Å². The van der Waals surface area contributed by atoms with Crippen LogP contribution in [-0.4, -0.2) is 43.1 Å². The fraction of sp³-hybridized carbons (Fsp3) is 0.435. The number of benzene rings is 1. The van der Waals surface area contributed by atoms with Crippen molar-refractivity contribution in [1.82, 2.24) is 15.5 Å². The minimum atomic E-state index is -0.183. The van der Waals surface area contributed by atoms with Gasteiger partial charge in [-0.25, -0.2) is 9.38 Å². The molecule has 0 atom stereocenters. The molecule has 30 heavy (non-hydrogen) atoms. The van der Waals surface area contributed by atoms with Crippen molar-refractivity contribution in [3.8, 4) is 0 Å². The van der Waals surface area contributed by atoms with Crippen molar-refractivity contribution in [3.63, 3.8) is 0 Å². The maximum absolute atomic E-state index is 13.1. The Morgan fingerprint density at radius 3 is 2.60 bits per heavy atom. The normalized spacial score (nSPS) is 15.5. The van der Waals surface area contributed by atoms with Gasteiger partial charge in [-0.15, -0.1) is 24.0 Å². The average Bonchev–Trinajstić information content (AvgIpc) is 3.22. The first-order valence-corrected chi connectivity index (χ1v) is 10.3. The lowest BCUT2D eigenvalue weighted by Crippen LogP contribution is -2.49. The fourth-order valence-electron chi connectivity index (χ4n) is 3.40. The molecule has 2 N–H and O–H groups in total. The minimum Gasteiger partial charge on any atom is -0.469 e. The van der Waals surface area contributed by atoms with Gasteiger partial charge < -0.3 is 15.1 Å². The molecule has 1 aromatic heterocycles. The standard InChI is InChI=1S/C23H31FN4O.HI/c1-18(2)16-26-23(25-12-9-22-4-3-15-29-22)27-21-10-13-28(14-11-21)17-19-5-7-20(24)8-6-19;/h3-8,15,21H,1,9-14,16-17H2,2H3,(H2,25,26,27);1H. The number of guanidine groups is 1. The van der Waals surface area contributed by atoms with E-state index >= 15 is 0 Å². The zero-order valence-electron chi connectivity index (χ0n) is 17.6. The van der Waals surface area contributed by atoms with Crippen molar-refractivity contribution < 1.29 is 8.81 Å². The summed E-state index contributed by atoms with van der Waals surface area (Å²) in [5, 5.41) is 6.98. The summed E-state index contributed by atoms with van der Waals surface area (Å²) in [6, 6.07) is 11.1. The Labute approximate surface area is 195 Å². The van der Waals surface area contributed by atoms with Crippen LogP contribution in [0.4, 0.5) is 4.39 Å². The highest BCUT2D eigenvalue weighted by atomic mass is 127. The molecular formula is C23H32FIN4O. The third kappa shape index (κ3) is 8.47. The van der Waals surface area contributed by atoms with Gasteiger partial charge in [0, 0.05) is 38.6 Å². The number of nitrogens with zero attached hydrogens (tertiary/aromatic N) is 2. The van der Waals surface area contributed by atoms with E-state index < -0.39 is 0 Å². The van der Waals surface area contributed by atoms with E-state index in [1.54, 1.807) is 6.26 Å². The molecule has 3 rings (SSSR count). The van der Waals surface area contributed by atoms with Crippen LogP contribution in [0.3, 0.4) is 0 Å². The van der Waals surface area contributed by atoms with Crippen LogP contribution in [0.2, 0.25) is 0 Å². The maximum Gasteiger partial charge on any atom is 0.191 e. The summed E-state index contributed by atoms with van der Waals surface area (Å²) in [4.78, 5) is 7.06. The second kappa shape index (κ2) is 12.7. The number of hydrogen-bond acceptors (Lipinski definition) is 3. The largest absolute Gasteiger partial charge is 0.469 e. The smallest absolute Gasteiger partial charge is 0.191 e. The molecule has 0 radical (unpaired) electrons. The molecule has 0 bridgehead atoms. The van der Waals surface area contributed by atoms with Crippen molar-refractivity contribution in [3.05, 3.63) is 72.0 Å². The molecular weight excluding hydrogens is 494 g/mol. The molecule has 7 heteroatoms. The van der Waals surface area contributed by atoms with E-state index in [2.05, 4.69) is 27.1 Å². The molecule has 1 aromatic carbocycles. The second-order valence-corrected chi connectivity index (χ2v) is 7.70. The molecule has 1 aliphatic heterocycles. The third-order valence-electron chi connectivity index (χ3n) is 5.00. The molecule has 1 saturated heterocycles. The third-order valence-corrected chi connectivity index (χ3v) is 5.00. The SMILES string of the molecule is C=C(C)CN=C(NCCc1ccco1)NC1CCN(Cc2ccc(F)cc2)CC1.I. The molecule has 0 spiro atoms. The predicted octanol–water partition coefficient (Wildman–Crippen LogP) is 4.36. The Hall–Kier alpha value is -1.87. The molecule has 0 unspecified atom stereocenters. The van der Waals surface area contributed by atoms with E-state index in [-0.39, 0.29) is 29.8 Å². The van der Waals surface area contributed by atoms with Gasteiger partial charge in [0.05, 0.1) is 12.8 Å². The van der Waals surface area contributed by atoms with Crippen molar-refractivity contribution in [1.29, 1.82) is 0 Å². The summed E-state index contributed by atoms with van der Waals surface area (Å²) in [6.07, 6.45) is 4.61. The molecule has 0 aliphatic carbocycles. The van der Waals surface area contributed by atoms with E-state index in [1.165, 1.54) is 12.1 Å². The van der Waals surface area contributed by atoms with Crippen LogP contribution in [0.25, 0.3) is 0 Å². The van der Waals surface area contributed by atoms with E-state index in [0.717, 1.165) is 68.3 Å². The second-order valence-electron chi connectivity index (χ2n) is 7.70. The summed E-state index contributed by atoms with van der Waals surface area (Å²) in [5.41, 5.74) is 2.19. The first kappa shape index (κ1) is 24.4. The van der Waals surface area contributed by atoms with Gasteiger partial charge in [-0.2, -0.15) is 0 Å². The van der Waals surface area contributed by atoms with E-state index in [0.29, 0.717) is 12.6 Å². The number of aliphatic imine (C=N–C) groups is 1. The molecule has 2 aromatic rings. The predicted molar refractivity (Wildman–Crippen MR) is 131 cm³/mol. The number of nitrogens with one attached hydrogen (secondary N) is 2. The van der Waals surface area contributed by atoms with Crippen LogP contribution in [-0.2, 0) is 13.0 Å². The van der Waals surface area contributed by atoms with Crippen molar-refractivity contribution in [2.45, 2.75) is 38.8 Å². The number of rotatable bonds is 8. The summed E-state index contributed by atoms with van der Waals surface area (Å²) < 4.78 is 18.5. The van der Waals surface area contributed by atoms with E-state index in [1.807, 2.05) is 31.2 Å². The Kier molecular flexibility index (Phi) is 10.4. The van der Waals surface area contributed by atoms with Gasteiger partial charge in [-0.05, 0) is 49.6 Å². The minimum absolute atomic E-state index is 0. The van der Waals surface area contributed by atoms with Crippen LogP contribution in [0.15, 0.2) is 64.2 Å². The van der Waals surface area contributed by atoms with Gasteiger partial charge in [-0.1, -0.05) is 24.3 Å². The lowest BCUT2D eigenvalue weighted by molar-refractivity contribution is 0.198. The summed E-state index contributed by atoms with van der Waals surface area (Å²) in [7, 11) is 0. The van der Waals surface area contributed by atoms with Crippen molar-refractivity contribution >= 4 is 29.9 Å². The summed E-state index contributed by atoms with van der Waals surface area (Å²) in [6.45, 7) is 10.2. The van der Waals surface area contributed by atoms with Crippen molar-refractivity contribution in [2.75, 3.05) is 26.2 Å². The number of piperidine rings is 1.